The Morgan fingerprint density at radius 2 is 1.74 bits per heavy atom. The van der Waals surface area contributed by atoms with Crippen LogP contribution < -0.4 is 10.0 Å². The summed E-state index contributed by atoms with van der Waals surface area (Å²) in [6.07, 6.45) is -3.92. The van der Waals surface area contributed by atoms with E-state index in [0.717, 1.165) is 16.0 Å². The molecule has 0 aromatic heterocycles. The zero-order valence-corrected chi connectivity index (χ0v) is 19.6. The van der Waals surface area contributed by atoms with Crippen molar-refractivity contribution >= 4 is 33.3 Å². The minimum absolute atomic E-state index is 0.0115. The van der Waals surface area contributed by atoms with Crippen molar-refractivity contribution in [3.63, 3.8) is 0 Å². The number of carbonyl (C=O) groups is 1. The first-order valence-corrected chi connectivity index (χ1v) is 12.1. The van der Waals surface area contributed by atoms with E-state index in [1.54, 1.807) is 12.1 Å². The van der Waals surface area contributed by atoms with Gasteiger partial charge in [0.1, 0.15) is 0 Å². The molecule has 2 rings (SSSR count). The second kappa shape index (κ2) is 9.95. The Morgan fingerprint density at radius 1 is 1.19 bits per heavy atom. The van der Waals surface area contributed by atoms with Gasteiger partial charge in [0, 0.05) is 17.3 Å². The standard InChI is InChI=1S/C20H29ClF3N3O3S/c1-12(2)16-8-14(21)9-17(13(3)4)18(16)25-19(28)26-31(29,30)15-6-5-7-27(10-15)11-20(22,23)24/h8-9,12-13,15H,5-7,10-11H2,1-4H3,(H2,25,26,28). The molecule has 11 heteroatoms. The third-order valence-electron chi connectivity index (χ3n) is 5.19. The number of piperidine rings is 1. The second-order valence-electron chi connectivity index (χ2n) is 8.48. The summed E-state index contributed by atoms with van der Waals surface area (Å²) < 4.78 is 65.4. The van der Waals surface area contributed by atoms with Gasteiger partial charge in [-0.25, -0.2) is 17.9 Å². The first-order valence-electron chi connectivity index (χ1n) is 10.1. The van der Waals surface area contributed by atoms with Crippen LogP contribution in [0.3, 0.4) is 0 Å². The van der Waals surface area contributed by atoms with Gasteiger partial charge in [0.15, 0.2) is 0 Å². The van der Waals surface area contributed by atoms with Gasteiger partial charge < -0.3 is 5.32 Å². The lowest BCUT2D eigenvalue weighted by Crippen LogP contribution is -2.50. The number of rotatable bonds is 6. The average molecular weight is 484 g/mol. The Kier molecular flexibility index (Phi) is 8.27. The highest BCUT2D eigenvalue weighted by molar-refractivity contribution is 7.90. The van der Waals surface area contributed by atoms with Crippen LogP contribution in [0.2, 0.25) is 5.02 Å². The number of benzene rings is 1. The molecule has 0 bridgehead atoms. The Hall–Kier alpha value is -1.52. The van der Waals surface area contributed by atoms with Crippen molar-refractivity contribution < 1.29 is 26.4 Å². The fraction of sp³-hybridized carbons (Fsp3) is 0.650. The van der Waals surface area contributed by atoms with Crippen LogP contribution in [0.15, 0.2) is 12.1 Å². The Labute approximate surface area is 186 Å². The molecule has 1 heterocycles. The number of carbonyl (C=O) groups excluding carboxylic acids is 1. The highest BCUT2D eigenvalue weighted by Crippen LogP contribution is 2.35. The number of halogens is 4. The van der Waals surface area contributed by atoms with Gasteiger partial charge in [-0.15, -0.1) is 0 Å². The number of anilines is 1. The topological polar surface area (TPSA) is 78.5 Å². The number of nitrogens with zero attached hydrogens (tertiary/aromatic N) is 1. The SMILES string of the molecule is CC(C)c1cc(Cl)cc(C(C)C)c1NC(=O)NS(=O)(=O)C1CCCN(CC(F)(F)F)C1. The molecule has 176 valence electrons. The van der Waals surface area contributed by atoms with Crippen molar-refractivity contribution in [2.75, 3.05) is 25.0 Å². The van der Waals surface area contributed by atoms with Crippen molar-refractivity contribution in [2.24, 2.45) is 0 Å². The van der Waals surface area contributed by atoms with Crippen LogP contribution in [-0.4, -0.2) is 50.4 Å². The smallest absolute Gasteiger partial charge is 0.307 e. The molecule has 0 radical (unpaired) electrons. The van der Waals surface area contributed by atoms with E-state index in [0.29, 0.717) is 17.1 Å². The van der Waals surface area contributed by atoms with Crippen molar-refractivity contribution in [3.05, 3.63) is 28.3 Å². The lowest BCUT2D eigenvalue weighted by Gasteiger charge is -2.32. The van der Waals surface area contributed by atoms with E-state index in [4.69, 9.17) is 11.6 Å². The highest BCUT2D eigenvalue weighted by Gasteiger charge is 2.37. The zero-order chi connectivity index (χ0) is 23.6. The number of hydrogen-bond donors (Lipinski definition) is 2. The molecule has 2 amide bonds. The molecule has 0 saturated carbocycles. The molecular formula is C20H29ClF3N3O3S. The first kappa shape index (κ1) is 25.7. The third kappa shape index (κ3) is 7.25. The minimum Gasteiger partial charge on any atom is -0.307 e. The summed E-state index contributed by atoms with van der Waals surface area (Å²) in [5, 5.41) is 2.04. The van der Waals surface area contributed by atoms with Crippen molar-refractivity contribution in [3.8, 4) is 0 Å². The molecular weight excluding hydrogens is 455 g/mol. The molecule has 1 unspecified atom stereocenters. The van der Waals surface area contributed by atoms with Crippen LogP contribution in [0.5, 0.6) is 0 Å². The summed E-state index contributed by atoms with van der Waals surface area (Å²) in [5.74, 6) is 0.0229. The highest BCUT2D eigenvalue weighted by atomic mass is 35.5. The monoisotopic (exact) mass is 483 g/mol. The van der Waals surface area contributed by atoms with Gasteiger partial charge in [0.2, 0.25) is 10.0 Å². The predicted molar refractivity (Wildman–Crippen MR) is 116 cm³/mol. The third-order valence-corrected chi connectivity index (χ3v) is 7.14. The first-order chi connectivity index (χ1) is 14.2. The fourth-order valence-corrected chi connectivity index (χ4v) is 5.32. The van der Waals surface area contributed by atoms with Crippen molar-refractivity contribution in [1.29, 1.82) is 0 Å². The van der Waals surface area contributed by atoms with E-state index in [2.05, 4.69) is 5.32 Å². The molecule has 0 spiro atoms. The lowest BCUT2D eigenvalue weighted by molar-refractivity contribution is -0.147. The van der Waals surface area contributed by atoms with Gasteiger partial charge in [0.05, 0.1) is 11.8 Å². The molecule has 1 atom stereocenters. The van der Waals surface area contributed by atoms with E-state index in [-0.39, 0.29) is 31.3 Å². The summed E-state index contributed by atoms with van der Waals surface area (Å²) in [6.45, 7) is 6.40. The van der Waals surface area contributed by atoms with Gasteiger partial charge in [0.25, 0.3) is 0 Å². The molecule has 2 N–H and O–H groups in total. The van der Waals surface area contributed by atoms with Crippen LogP contribution in [0.1, 0.15) is 63.5 Å². The largest absolute Gasteiger partial charge is 0.401 e. The maximum atomic E-state index is 12.7. The molecule has 1 aliphatic heterocycles. The number of urea groups is 1. The molecule has 1 aliphatic rings. The lowest BCUT2D eigenvalue weighted by atomic mass is 9.92. The molecule has 0 aliphatic carbocycles. The molecule has 31 heavy (non-hydrogen) atoms. The van der Waals surface area contributed by atoms with E-state index in [1.807, 2.05) is 32.4 Å². The van der Waals surface area contributed by atoms with Crippen molar-refractivity contribution in [2.45, 2.75) is 63.8 Å². The zero-order valence-electron chi connectivity index (χ0n) is 18.0. The van der Waals surface area contributed by atoms with E-state index in [9.17, 15) is 26.4 Å². The number of sulfonamides is 1. The van der Waals surface area contributed by atoms with Gasteiger partial charge in [-0.1, -0.05) is 39.3 Å². The number of alkyl halides is 3. The van der Waals surface area contributed by atoms with Gasteiger partial charge in [-0.05, 0) is 54.5 Å². The van der Waals surface area contributed by atoms with E-state index >= 15 is 0 Å². The number of amides is 2. The van der Waals surface area contributed by atoms with Crippen LogP contribution in [0, 0.1) is 0 Å². The van der Waals surface area contributed by atoms with Gasteiger partial charge in [-0.3, -0.25) is 4.90 Å². The van der Waals surface area contributed by atoms with Crippen LogP contribution in [0.4, 0.5) is 23.7 Å². The maximum absolute atomic E-state index is 12.7. The number of nitrogens with one attached hydrogen (secondary N) is 2. The maximum Gasteiger partial charge on any atom is 0.401 e. The fourth-order valence-electron chi connectivity index (χ4n) is 3.72. The molecule has 1 fully saturated rings. The van der Waals surface area contributed by atoms with Gasteiger partial charge >= 0.3 is 12.2 Å². The van der Waals surface area contributed by atoms with Crippen molar-refractivity contribution in [1.82, 2.24) is 9.62 Å². The van der Waals surface area contributed by atoms with Crippen LogP contribution in [-0.2, 0) is 10.0 Å². The summed E-state index contributed by atoms with van der Waals surface area (Å²) in [4.78, 5) is 13.6. The Bertz CT molecular complexity index is 876. The molecule has 1 aromatic rings. The summed E-state index contributed by atoms with van der Waals surface area (Å²) in [5.41, 5.74) is 2.01. The van der Waals surface area contributed by atoms with Crippen LogP contribution >= 0.6 is 11.6 Å². The average Bonchev–Trinajstić information content (AvgIpc) is 2.60. The molecule has 1 aromatic carbocycles. The summed E-state index contributed by atoms with van der Waals surface area (Å²) in [7, 11) is -4.16. The normalized spacial score (nSPS) is 18.5. The Morgan fingerprint density at radius 3 is 2.23 bits per heavy atom. The number of likely N-dealkylation sites (tertiary alicyclic amines) is 1. The molecule has 1 saturated heterocycles. The minimum atomic E-state index is -4.41. The van der Waals surface area contributed by atoms with E-state index < -0.39 is 34.0 Å². The van der Waals surface area contributed by atoms with Crippen LogP contribution in [0.25, 0.3) is 0 Å². The second-order valence-corrected chi connectivity index (χ2v) is 10.9. The van der Waals surface area contributed by atoms with Gasteiger partial charge in [-0.2, -0.15) is 13.2 Å². The predicted octanol–water partition coefficient (Wildman–Crippen LogP) is 5.06. The quantitative estimate of drug-likeness (QED) is 0.592. The van der Waals surface area contributed by atoms with E-state index in [1.165, 1.54) is 0 Å². The summed E-state index contributed by atoms with van der Waals surface area (Å²) >= 11 is 6.21. The number of hydrogen-bond acceptors (Lipinski definition) is 4. The Balaban J connectivity index is 2.18. The summed E-state index contributed by atoms with van der Waals surface area (Å²) in [6, 6.07) is 2.50. The molecule has 6 nitrogen and oxygen atoms in total.